The van der Waals surface area contributed by atoms with Crippen LogP contribution < -0.4 is 14.8 Å². The average molecular weight is 393 g/mol. The number of imidazole rings is 1. The summed E-state index contributed by atoms with van der Waals surface area (Å²) in [6, 6.07) is 13.2. The van der Waals surface area contributed by atoms with Crippen LogP contribution in [0, 0.1) is 6.92 Å². The quantitative estimate of drug-likeness (QED) is 0.507. The van der Waals surface area contributed by atoms with E-state index in [0.717, 1.165) is 27.8 Å². The molecule has 0 atom stereocenters. The average Bonchev–Trinajstić information content (AvgIpc) is 3.38. The van der Waals surface area contributed by atoms with E-state index in [0.29, 0.717) is 22.2 Å². The fraction of sp³-hybridized carbons (Fsp3) is 0.143. The lowest BCUT2D eigenvalue weighted by atomic mass is 10.1. The third-order valence-electron chi connectivity index (χ3n) is 4.49. The molecule has 0 aliphatic rings. The summed E-state index contributed by atoms with van der Waals surface area (Å²) >= 11 is 1.41. The Labute approximate surface area is 166 Å². The predicted octanol–water partition coefficient (Wildman–Crippen LogP) is 4.87. The van der Waals surface area contributed by atoms with E-state index in [4.69, 9.17) is 9.47 Å². The van der Waals surface area contributed by atoms with Crippen LogP contribution in [-0.4, -0.2) is 30.1 Å². The first-order chi connectivity index (χ1) is 13.6. The Balaban J connectivity index is 1.70. The van der Waals surface area contributed by atoms with E-state index in [2.05, 4.69) is 15.3 Å². The van der Waals surface area contributed by atoms with E-state index >= 15 is 0 Å². The molecule has 0 saturated heterocycles. The van der Waals surface area contributed by atoms with Crippen molar-refractivity contribution in [2.75, 3.05) is 19.5 Å². The molecular weight excluding hydrogens is 374 g/mol. The number of aryl methyl sites for hydroxylation is 1. The molecule has 4 aromatic rings. The molecule has 0 spiro atoms. The van der Waals surface area contributed by atoms with Gasteiger partial charge in [0, 0.05) is 23.4 Å². The fourth-order valence-corrected chi connectivity index (χ4v) is 3.59. The first-order valence-electron chi connectivity index (χ1n) is 8.66. The molecule has 0 saturated carbocycles. The topological polar surface area (TPSA) is 76.2 Å². The number of hydrogen-bond acceptors (Lipinski definition) is 5. The number of rotatable bonds is 5. The number of aromatic amines is 1. The second-order valence-electron chi connectivity index (χ2n) is 6.27. The zero-order valence-electron chi connectivity index (χ0n) is 15.7. The molecule has 142 valence electrons. The van der Waals surface area contributed by atoms with E-state index in [-0.39, 0.29) is 5.91 Å². The summed E-state index contributed by atoms with van der Waals surface area (Å²) in [6.07, 6.45) is 0. The lowest BCUT2D eigenvalue weighted by Gasteiger charge is -2.09. The number of ether oxygens (including phenoxy) is 2. The molecule has 6 nitrogen and oxygen atoms in total. The zero-order valence-corrected chi connectivity index (χ0v) is 16.5. The minimum Gasteiger partial charge on any atom is -0.493 e. The van der Waals surface area contributed by atoms with Crippen LogP contribution in [-0.2, 0) is 0 Å². The summed E-state index contributed by atoms with van der Waals surface area (Å²) in [5, 5.41) is 4.87. The van der Waals surface area contributed by atoms with E-state index < -0.39 is 0 Å². The van der Waals surface area contributed by atoms with Crippen molar-refractivity contribution in [3.63, 3.8) is 0 Å². The summed E-state index contributed by atoms with van der Waals surface area (Å²) in [7, 11) is 3.20. The molecule has 4 rings (SSSR count). The highest BCUT2D eigenvalue weighted by molar-refractivity contribution is 7.12. The maximum atomic E-state index is 12.4. The largest absolute Gasteiger partial charge is 0.493 e. The van der Waals surface area contributed by atoms with Gasteiger partial charge in [-0.2, -0.15) is 0 Å². The third kappa shape index (κ3) is 3.32. The Morgan fingerprint density at radius 1 is 1.11 bits per heavy atom. The van der Waals surface area contributed by atoms with Crippen LogP contribution in [0.1, 0.15) is 15.2 Å². The maximum absolute atomic E-state index is 12.4. The van der Waals surface area contributed by atoms with Crippen LogP contribution in [0.5, 0.6) is 11.5 Å². The van der Waals surface area contributed by atoms with Gasteiger partial charge in [0.05, 0.1) is 30.1 Å². The van der Waals surface area contributed by atoms with Crippen molar-refractivity contribution in [3.8, 4) is 22.9 Å². The summed E-state index contributed by atoms with van der Waals surface area (Å²) in [4.78, 5) is 21.1. The van der Waals surface area contributed by atoms with Gasteiger partial charge in [-0.15, -0.1) is 11.3 Å². The van der Waals surface area contributed by atoms with Gasteiger partial charge in [-0.25, -0.2) is 4.98 Å². The number of benzene rings is 2. The van der Waals surface area contributed by atoms with Gasteiger partial charge >= 0.3 is 0 Å². The van der Waals surface area contributed by atoms with E-state index in [1.54, 1.807) is 20.3 Å². The Hall–Kier alpha value is -3.32. The Morgan fingerprint density at radius 2 is 1.89 bits per heavy atom. The van der Waals surface area contributed by atoms with Crippen LogP contribution in [0.15, 0.2) is 47.8 Å². The number of aromatic nitrogens is 2. The lowest BCUT2D eigenvalue weighted by molar-refractivity contribution is 0.103. The van der Waals surface area contributed by atoms with Crippen molar-refractivity contribution in [2.24, 2.45) is 0 Å². The third-order valence-corrected chi connectivity index (χ3v) is 5.36. The molecule has 2 heterocycles. The highest BCUT2D eigenvalue weighted by Gasteiger charge is 2.13. The molecular formula is C21H19N3O3S. The van der Waals surface area contributed by atoms with E-state index in [1.165, 1.54) is 11.3 Å². The minimum absolute atomic E-state index is 0.116. The van der Waals surface area contributed by atoms with Gasteiger partial charge in [0.15, 0.2) is 11.5 Å². The first kappa shape index (κ1) is 18.1. The van der Waals surface area contributed by atoms with Gasteiger partial charge in [-0.3, -0.25) is 4.79 Å². The van der Waals surface area contributed by atoms with Crippen molar-refractivity contribution in [3.05, 3.63) is 58.3 Å². The molecule has 7 heteroatoms. The molecule has 0 aliphatic heterocycles. The molecule has 2 aromatic heterocycles. The van der Waals surface area contributed by atoms with Gasteiger partial charge in [0.25, 0.3) is 5.91 Å². The number of carbonyl (C=O) groups excluding carboxylic acids is 1. The second-order valence-corrected chi connectivity index (χ2v) is 7.22. The number of methoxy groups -OCH3 is 2. The lowest BCUT2D eigenvalue weighted by Crippen LogP contribution is -2.11. The smallest absolute Gasteiger partial charge is 0.265 e. The normalized spacial score (nSPS) is 10.8. The van der Waals surface area contributed by atoms with Crippen LogP contribution in [0.25, 0.3) is 22.4 Å². The summed E-state index contributed by atoms with van der Waals surface area (Å²) in [5.74, 6) is 1.85. The number of fused-ring (bicyclic) bond motifs is 1. The SMILES string of the molecule is COc1cc2nc(-c3ccc(C)c(NC(=O)c4cccs4)c3)[nH]c2cc1OC. The number of anilines is 1. The standard InChI is InChI=1S/C21H19N3O3S/c1-12-6-7-13(9-14(12)24-21(25)19-5-4-8-28-19)20-22-15-10-17(26-2)18(27-3)11-16(15)23-20/h4-11H,1-3H3,(H,22,23)(H,24,25). The second kappa shape index (κ2) is 7.36. The van der Waals surface area contributed by atoms with Crippen LogP contribution >= 0.6 is 11.3 Å². The van der Waals surface area contributed by atoms with Gasteiger partial charge in [0.1, 0.15) is 5.82 Å². The molecule has 2 aromatic carbocycles. The fourth-order valence-electron chi connectivity index (χ4n) is 2.97. The van der Waals surface area contributed by atoms with Gasteiger partial charge in [-0.05, 0) is 30.0 Å². The summed E-state index contributed by atoms with van der Waals surface area (Å²) < 4.78 is 10.7. The highest BCUT2D eigenvalue weighted by Crippen LogP contribution is 2.33. The van der Waals surface area contributed by atoms with Crippen LogP contribution in [0.3, 0.4) is 0 Å². The molecule has 0 radical (unpaired) electrons. The van der Waals surface area contributed by atoms with E-state index in [9.17, 15) is 4.79 Å². The predicted molar refractivity (Wildman–Crippen MR) is 112 cm³/mol. The zero-order chi connectivity index (χ0) is 19.7. The van der Waals surface area contributed by atoms with Crippen LogP contribution in [0.2, 0.25) is 0 Å². The molecule has 28 heavy (non-hydrogen) atoms. The molecule has 0 fully saturated rings. The van der Waals surface area contributed by atoms with Crippen molar-refractivity contribution in [2.45, 2.75) is 6.92 Å². The summed E-state index contributed by atoms with van der Waals surface area (Å²) in [6.45, 7) is 1.96. The van der Waals surface area contributed by atoms with Gasteiger partial charge in [0.2, 0.25) is 0 Å². The first-order valence-corrected chi connectivity index (χ1v) is 9.54. The number of hydrogen-bond donors (Lipinski definition) is 2. The van der Waals surface area contributed by atoms with Crippen molar-refractivity contribution in [1.29, 1.82) is 0 Å². The molecule has 1 amide bonds. The number of nitrogens with zero attached hydrogens (tertiary/aromatic N) is 1. The van der Waals surface area contributed by atoms with Crippen LogP contribution in [0.4, 0.5) is 5.69 Å². The number of H-pyrrole nitrogens is 1. The number of amides is 1. The summed E-state index contributed by atoms with van der Waals surface area (Å²) in [5.41, 5.74) is 4.23. The molecule has 0 unspecified atom stereocenters. The maximum Gasteiger partial charge on any atom is 0.265 e. The number of nitrogens with one attached hydrogen (secondary N) is 2. The molecule has 0 aliphatic carbocycles. The monoisotopic (exact) mass is 393 g/mol. The Bertz CT molecular complexity index is 1110. The Kier molecular flexibility index (Phi) is 4.75. The number of carbonyl (C=O) groups is 1. The van der Waals surface area contributed by atoms with Crippen molar-refractivity contribution in [1.82, 2.24) is 9.97 Å². The Morgan fingerprint density at radius 3 is 2.61 bits per heavy atom. The van der Waals surface area contributed by atoms with Crippen molar-refractivity contribution < 1.29 is 14.3 Å². The highest BCUT2D eigenvalue weighted by atomic mass is 32.1. The van der Waals surface area contributed by atoms with E-state index in [1.807, 2.05) is 48.7 Å². The van der Waals surface area contributed by atoms with Gasteiger partial charge < -0.3 is 19.8 Å². The number of thiophene rings is 1. The molecule has 0 bridgehead atoms. The van der Waals surface area contributed by atoms with Gasteiger partial charge in [-0.1, -0.05) is 18.2 Å². The van der Waals surface area contributed by atoms with Crippen molar-refractivity contribution >= 4 is 34.0 Å². The molecule has 2 N–H and O–H groups in total. The minimum atomic E-state index is -0.116.